The molecule has 0 aliphatic carbocycles. The minimum atomic E-state index is 0.860. The van der Waals surface area contributed by atoms with E-state index in [9.17, 15) is 0 Å². The molecule has 0 amide bonds. The molecule has 2 rings (SSSR count). The van der Waals surface area contributed by atoms with E-state index in [0.717, 1.165) is 47.8 Å². The standard InChI is InChI=1S/C15H20N4/c1-4-6-13-18-14(12-7-9-16-10-8-12)11(3)15(19-13)17-5-2/h7-10H,4-6H2,1-3H3,(H,17,18,19). The fraction of sp³-hybridized carbons (Fsp3) is 0.400. The van der Waals surface area contributed by atoms with E-state index in [1.54, 1.807) is 12.4 Å². The highest BCUT2D eigenvalue weighted by Gasteiger charge is 2.11. The fourth-order valence-electron chi connectivity index (χ4n) is 2.03. The third kappa shape index (κ3) is 3.08. The summed E-state index contributed by atoms with van der Waals surface area (Å²) in [5, 5.41) is 3.32. The highest BCUT2D eigenvalue weighted by atomic mass is 15.0. The van der Waals surface area contributed by atoms with Gasteiger partial charge in [-0.3, -0.25) is 4.98 Å². The van der Waals surface area contributed by atoms with Crippen molar-refractivity contribution < 1.29 is 0 Å². The summed E-state index contributed by atoms with van der Waals surface area (Å²) in [6, 6.07) is 3.97. The average Bonchev–Trinajstić information content (AvgIpc) is 2.44. The van der Waals surface area contributed by atoms with Crippen molar-refractivity contribution in [3.63, 3.8) is 0 Å². The third-order valence-corrected chi connectivity index (χ3v) is 2.96. The van der Waals surface area contributed by atoms with Gasteiger partial charge in [-0.05, 0) is 32.4 Å². The number of nitrogens with zero attached hydrogens (tertiary/aromatic N) is 3. The lowest BCUT2D eigenvalue weighted by atomic mass is 10.1. The molecule has 0 fully saturated rings. The van der Waals surface area contributed by atoms with Gasteiger partial charge >= 0.3 is 0 Å². The van der Waals surface area contributed by atoms with E-state index in [1.165, 1.54) is 0 Å². The smallest absolute Gasteiger partial charge is 0.133 e. The molecule has 2 aromatic rings. The molecule has 100 valence electrons. The van der Waals surface area contributed by atoms with Crippen LogP contribution < -0.4 is 5.32 Å². The molecule has 4 nitrogen and oxygen atoms in total. The Kier molecular flexibility index (Phi) is 4.44. The Bertz CT molecular complexity index is 537. The first kappa shape index (κ1) is 13.5. The monoisotopic (exact) mass is 256 g/mol. The van der Waals surface area contributed by atoms with Gasteiger partial charge in [0.1, 0.15) is 11.6 Å². The van der Waals surface area contributed by atoms with Gasteiger partial charge in [0, 0.05) is 36.5 Å². The SMILES string of the molecule is CCCc1nc(NCC)c(C)c(-c2ccncc2)n1. The molecule has 0 aliphatic heterocycles. The van der Waals surface area contributed by atoms with Crippen molar-refractivity contribution in [3.8, 4) is 11.3 Å². The van der Waals surface area contributed by atoms with E-state index < -0.39 is 0 Å². The number of hydrogen-bond donors (Lipinski definition) is 1. The zero-order valence-electron chi connectivity index (χ0n) is 11.8. The molecule has 0 aliphatic rings. The topological polar surface area (TPSA) is 50.7 Å². The summed E-state index contributed by atoms with van der Waals surface area (Å²) < 4.78 is 0. The number of aromatic nitrogens is 3. The minimum absolute atomic E-state index is 0.860. The Hall–Kier alpha value is -1.97. The molecule has 0 spiro atoms. The van der Waals surface area contributed by atoms with Crippen LogP contribution in [-0.2, 0) is 6.42 Å². The van der Waals surface area contributed by atoms with E-state index in [4.69, 9.17) is 4.98 Å². The summed E-state index contributed by atoms with van der Waals surface area (Å²) in [6.07, 6.45) is 5.54. The zero-order chi connectivity index (χ0) is 13.7. The molecule has 1 N–H and O–H groups in total. The van der Waals surface area contributed by atoms with Crippen LogP contribution in [0.25, 0.3) is 11.3 Å². The maximum atomic E-state index is 4.70. The van der Waals surface area contributed by atoms with E-state index >= 15 is 0 Å². The summed E-state index contributed by atoms with van der Waals surface area (Å²) in [4.78, 5) is 13.4. The Balaban J connectivity index is 2.52. The van der Waals surface area contributed by atoms with Crippen molar-refractivity contribution in [3.05, 3.63) is 35.9 Å². The molecule has 0 bridgehead atoms. The molecular formula is C15H20N4. The Morgan fingerprint density at radius 2 is 1.84 bits per heavy atom. The second-order valence-corrected chi connectivity index (χ2v) is 4.48. The number of anilines is 1. The van der Waals surface area contributed by atoms with Gasteiger partial charge in [0.05, 0.1) is 5.69 Å². The van der Waals surface area contributed by atoms with Crippen LogP contribution in [0.2, 0.25) is 0 Å². The number of hydrogen-bond acceptors (Lipinski definition) is 4. The van der Waals surface area contributed by atoms with Crippen LogP contribution >= 0.6 is 0 Å². The normalized spacial score (nSPS) is 10.5. The molecule has 0 saturated heterocycles. The largest absolute Gasteiger partial charge is 0.370 e. The molecule has 19 heavy (non-hydrogen) atoms. The minimum Gasteiger partial charge on any atom is -0.370 e. The van der Waals surface area contributed by atoms with E-state index in [1.807, 2.05) is 12.1 Å². The van der Waals surface area contributed by atoms with Crippen molar-refractivity contribution >= 4 is 5.82 Å². The van der Waals surface area contributed by atoms with E-state index in [2.05, 4.69) is 36.1 Å². The van der Waals surface area contributed by atoms with Gasteiger partial charge in [0.15, 0.2) is 0 Å². The van der Waals surface area contributed by atoms with Crippen LogP contribution in [0.3, 0.4) is 0 Å². The van der Waals surface area contributed by atoms with Gasteiger partial charge in [0.25, 0.3) is 0 Å². The summed E-state index contributed by atoms with van der Waals surface area (Å²) in [7, 11) is 0. The molecule has 0 aromatic carbocycles. The van der Waals surface area contributed by atoms with Gasteiger partial charge < -0.3 is 5.32 Å². The van der Waals surface area contributed by atoms with Crippen molar-refractivity contribution in [2.24, 2.45) is 0 Å². The molecule has 0 unspecified atom stereocenters. The second kappa shape index (κ2) is 6.27. The van der Waals surface area contributed by atoms with Crippen molar-refractivity contribution in [1.29, 1.82) is 0 Å². The quantitative estimate of drug-likeness (QED) is 0.892. The van der Waals surface area contributed by atoms with Gasteiger partial charge in [-0.2, -0.15) is 0 Å². The first-order valence-corrected chi connectivity index (χ1v) is 6.78. The lowest BCUT2D eigenvalue weighted by molar-refractivity contribution is 0.833. The third-order valence-electron chi connectivity index (χ3n) is 2.96. The Morgan fingerprint density at radius 1 is 1.11 bits per heavy atom. The molecule has 0 atom stereocenters. The highest BCUT2D eigenvalue weighted by Crippen LogP contribution is 2.25. The predicted octanol–water partition coefficient (Wildman–Crippen LogP) is 3.23. The Morgan fingerprint density at radius 3 is 2.47 bits per heavy atom. The zero-order valence-corrected chi connectivity index (χ0v) is 11.8. The van der Waals surface area contributed by atoms with Crippen LogP contribution in [0, 0.1) is 6.92 Å². The molecular weight excluding hydrogens is 236 g/mol. The maximum Gasteiger partial charge on any atom is 0.133 e. The average molecular weight is 256 g/mol. The fourth-order valence-corrected chi connectivity index (χ4v) is 2.03. The summed E-state index contributed by atoms with van der Waals surface area (Å²) in [5.41, 5.74) is 3.18. The molecule has 4 heteroatoms. The van der Waals surface area contributed by atoms with Crippen molar-refractivity contribution in [2.75, 3.05) is 11.9 Å². The van der Waals surface area contributed by atoms with Crippen LogP contribution in [0.15, 0.2) is 24.5 Å². The molecule has 2 aromatic heterocycles. The van der Waals surface area contributed by atoms with Crippen LogP contribution in [-0.4, -0.2) is 21.5 Å². The number of rotatable bonds is 5. The van der Waals surface area contributed by atoms with Gasteiger partial charge in [0.2, 0.25) is 0 Å². The molecule has 0 saturated carbocycles. The van der Waals surface area contributed by atoms with Gasteiger partial charge in [-0.15, -0.1) is 0 Å². The Labute approximate surface area is 114 Å². The maximum absolute atomic E-state index is 4.70. The second-order valence-electron chi connectivity index (χ2n) is 4.48. The first-order valence-electron chi connectivity index (χ1n) is 6.78. The lowest BCUT2D eigenvalue weighted by Gasteiger charge is -2.13. The highest BCUT2D eigenvalue weighted by molar-refractivity contribution is 5.67. The summed E-state index contributed by atoms with van der Waals surface area (Å²) >= 11 is 0. The van der Waals surface area contributed by atoms with Crippen LogP contribution in [0.1, 0.15) is 31.7 Å². The predicted molar refractivity (Wildman–Crippen MR) is 78.2 cm³/mol. The summed E-state index contributed by atoms with van der Waals surface area (Å²) in [5.74, 6) is 1.84. The molecule has 2 heterocycles. The van der Waals surface area contributed by atoms with E-state index in [0.29, 0.717) is 0 Å². The van der Waals surface area contributed by atoms with Gasteiger partial charge in [-0.1, -0.05) is 6.92 Å². The lowest BCUT2D eigenvalue weighted by Crippen LogP contribution is -2.08. The number of pyridine rings is 1. The number of aryl methyl sites for hydroxylation is 1. The van der Waals surface area contributed by atoms with Crippen LogP contribution in [0.4, 0.5) is 5.82 Å². The van der Waals surface area contributed by atoms with E-state index in [-0.39, 0.29) is 0 Å². The van der Waals surface area contributed by atoms with Crippen molar-refractivity contribution in [1.82, 2.24) is 15.0 Å². The van der Waals surface area contributed by atoms with Crippen LogP contribution in [0.5, 0.6) is 0 Å². The van der Waals surface area contributed by atoms with Crippen molar-refractivity contribution in [2.45, 2.75) is 33.6 Å². The van der Waals surface area contributed by atoms with Gasteiger partial charge in [-0.25, -0.2) is 9.97 Å². The summed E-state index contributed by atoms with van der Waals surface area (Å²) in [6.45, 7) is 7.14. The number of nitrogens with one attached hydrogen (secondary N) is 1. The molecule has 0 radical (unpaired) electrons. The first-order chi connectivity index (χ1) is 9.26.